The monoisotopic (exact) mass is 216 g/mol. The number of halogens is 3. The molecule has 0 saturated heterocycles. The first-order valence-corrected chi connectivity index (χ1v) is 4.38. The number of hydrogen-bond acceptors (Lipinski definition) is 2. The van der Waals surface area contributed by atoms with Crippen molar-refractivity contribution in [3.8, 4) is 6.07 Å². The van der Waals surface area contributed by atoms with Crippen molar-refractivity contribution in [1.82, 2.24) is 4.98 Å². The van der Waals surface area contributed by atoms with Gasteiger partial charge < -0.3 is 0 Å². The maximum atomic E-state index is 12.4. The molecule has 1 aromatic heterocycles. The highest BCUT2D eigenvalue weighted by molar-refractivity contribution is 6.17. The zero-order chi connectivity index (χ0) is 10.7. The molecule has 0 saturated carbocycles. The molecule has 14 heavy (non-hydrogen) atoms. The third-order valence-corrected chi connectivity index (χ3v) is 2.05. The van der Waals surface area contributed by atoms with Crippen LogP contribution in [0.25, 0.3) is 0 Å². The number of pyridine rings is 1. The second kappa shape index (κ2) is 4.34. The average molecular weight is 217 g/mol. The molecule has 0 aliphatic carbocycles. The van der Waals surface area contributed by atoms with E-state index in [9.17, 15) is 8.78 Å². The topological polar surface area (TPSA) is 36.7 Å². The smallest absolute Gasteiger partial charge is 0.249 e. The van der Waals surface area contributed by atoms with E-state index in [0.29, 0.717) is 11.3 Å². The van der Waals surface area contributed by atoms with Gasteiger partial charge >= 0.3 is 0 Å². The fraction of sp³-hybridized carbons (Fsp3) is 0.333. The predicted octanol–water partition coefficient (Wildman–Crippen LogP) is 2.94. The molecule has 0 unspecified atom stereocenters. The summed E-state index contributed by atoms with van der Waals surface area (Å²) in [6, 6.07) is 3.06. The first kappa shape index (κ1) is 10.9. The summed E-state index contributed by atoms with van der Waals surface area (Å²) in [7, 11) is 0. The molecule has 0 N–H and O–H groups in total. The Kier molecular flexibility index (Phi) is 3.37. The standard InChI is InChI=1S/C9H7ClF2N2/c1-5-2-6(4-13)8(9(11)12)14-7(5)3-10/h2,9H,3H2,1H3. The molecule has 0 aliphatic heterocycles. The fourth-order valence-electron chi connectivity index (χ4n) is 1.06. The van der Waals surface area contributed by atoms with Gasteiger partial charge in [-0.2, -0.15) is 5.26 Å². The lowest BCUT2D eigenvalue weighted by molar-refractivity contribution is 0.145. The van der Waals surface area contributed by atoms with Gasteiger partial charge in [-0.05, 0) is 18.6 Å². The molecule has 74 valence electrons. The average Bonchev–Trinajstić information content (AvgIpc) is 2.16. The van der Waals surface area contributed by atoms with Crippen LogP contribution in [-0.4, -0.2) is 4.98 Å². The van der Waals surface area contributed by atoms with Crippen molar-refractivity contribution in [3.63, 3.8) is 0 Å². The molecule has 5 heteroatoms. The van der Waals surface area contributed by atoms with Crippen molar-refractivity contribution in [2.75, 3.05) is 0 Å². The van der Waals surface area contributed by atoms with Gasteiger partial charge in [-0.1, -0.05) is 0 Å². The van der Waals surface area contributed by atoms with Crippen LogP contribution >= 0.6 is 11.6 Å². The summed E-state index contributed by atoms with van der Waals surface area (Å²) in [5.74, 6) is 0.0667. The number of nitriles is 1. The number of nitrogens with zero attached hydrogens (tertiary/aromatic N) is 2. The summed E-state index contributed by atoms with van der Waals surface area (Å²) < 4.78 is 24.8. The van der Waals surface area contributed by atoms with E-state index >= 15 is 0 Å². The third kappa shape index (κ3) is 1.99. The predicted molar refractivity (Wildman–Crippen MR) is 48.2 cm³/mol. The molecule has 0 aliphatic rings. The zero-order valence-electron chi connectivity index (χ0n) is 7.39. The van der Waals surface area contributed by atoms with Crippen LogP contribution in [0.2, 0.25) is 0 Å². The lowest BCUT2D eigenvalue weighted by atomic mass is 10.1. The number of aromatic nitrogens is 1. The van der Waals surface area contributed by atoms with E-state index < -0.39 is 12.1 Å². The van der Waals surface area contributed by atoms with Crippen LogP contribution in [0.1, 0.15) is 28.9 Å². The van der Waals surface area contributed by atoms with E-state index in [1.807, 2.05) is 0 Å². The van der Waals surface area contributed by atoms with Crippen LogP contribution in [-0.2, 0) is 5.88 Å². The van der Waals surface area contributed by atoms with Gasteiger partial charge in [-0.15, -0.1) is 11.6 Å². The zero-order valence-corrected chi connectivity index (χ0v) is 8.15. The lowest BCUT2D eigenvalue weighted by Crippen LogP contribution is -2.01. The molecule has 0 bridgehead atoms. The van der Waals surface area contributed by atoms with Gasteiger partial charge in [0.1, 0.15) is 11.8 Å². The number of alkyl halides is 3. The molecule has 1 rings (SSSR count). The Balaban J connectivity index is 3.34. The molecule has 0 spiro atoms. The van der Waals surface area contributed by atoms with Crippen LogP contribution in [0.4, 0.5) is 8.78 Å². The summed E-state index contributed by atoms with van der Waals surface area (Å²) in [6.45, 7) is 1.68. The van der Waals surface area contributed by atoms with E-state index in [2.05, 4.69) is 4.98 Å². The third-order valence-electron chi connectivity index (χ3n) is 1.80. The maximum Gasteiger partial charge on any atom is 0.281 e. The normalized spacial score (nSPS) is 10.3. The highest BCUT2D eigenvalue weighted by Gasteiger charge is 2.16. The molecule has 2 nitrogen and oxygen atoms in total. The number of hydrogen-bond donors (Lipinski definition) is 0. The Morgan fingerprint density at radius 1 is 1.64 bits per heavy atom. The van der Waals surface area contributed by atoms with Gasteiger partial charge in [0.25, 0.3) is 6.43 Å². The second-order valence-corrected chi connectivity index (χ2v) is 3.00. The molecule has 0 radical (unpaired) electrons. The van der Waals surface area contributed by atoms with Crippen molar-refractivity contribution in [1.29, 1.82) is 5.26 Å². The van der Waals surface area contributed by atoms with E-state index in [0.717, 1.165) is 0 Å². The Labute approximate surface area is 85.1 Å². The lowest BCUT2D eigenvalue weighted by Gasteiger charge is -2.06. The van der Waals surface area contributed by atoms with E-state index in [1.54, 1.807) is 13.0 Å². The molecule has 0 aromatic carbocycles. The Hall–Kier alpha value is -1.21. The van der Waals surface area contributed by atoms with Gasteiger partial charge in [0.05, 0.1) is 17.1 Å². The summed E-state index contributed by atoms with van der Waals surface area (Å²) in [6.07, 6.45) is -2.74. The highest BCUT2D eigenvalue weighted by Crippen LogP contribution is 2.23. The molecular weight excluding hydrogens is 210 g/mol. The molecule has 0 fully saturated rings. The molecule has 1 heterocycles. The quantitative estimate of drug-likeness (QED) is 0.713. The van der Waals surface area contributed by atoms with Crippen molar-refractivity contribution in [2.24, 2.45) is 0 Å². The number of aryl methyl sites for hydroxylation is 1. The minimum absolute atomic E-state index is 0.0667. The van der Waals surface area contributed by atoms with Crippen LogP contribution in [0.15, 0.2) is 6.07 Å². The largest absolute Gasteiger partial charge is 0.281 e. The van der Waals surface area contributed by atoms with Crippen molar-refractivity contribution in [2.45, 2.75) is 19.2 Å². The summed E-state index contributed by atoms with van der Waals surface area (Å²) >= 11 is 5.51. The van der Waals surface area contributed by atoms with Gasteiger partial charge in [-0.25, -0.2) is 13.8 Å². The first-order chi connectivity index (χ1) is 6.60. The SMILES string of the molecule is Cc1cc(C#N)c(C(F)F)nc1CCl. The Morgan fingerprint density at radius 3 is 2.71 bits per heavy atom. The molecule has 0 amide bonds. The summed E-state index contributed by atoms with van der Waals surface area (Å²) in [5, 5.41) is 8.60. The van der Waals surface area contributed by atoms with Gasteiger partial charge in [0.2, 0.25) is 0 Å². The van der Waals surface area contributed by atoms with Crippen molar-refractivity contribution in [3.05, 3.63) is 28.6 Å². The van der Waals surface area contributed by atoms with Gasteiger partial charge in [-0.3, -0.25) is 0 Å². The van der Waals surface area contributed by atoms with Crippen molar-refractivity contribution < 1.29 is 8.78 Å². The molecule has 0 atom stereocenters. The maximum absolute atomic E-state index is 12.4. The Bertz CT molecular complexity index is 385. The van der Waals surface area contributed by atoms with Crippen LogP contribution < -0.4 is 0 Å². The minimum atomic E-state index is -2.74. The highest BCUT2D eigenvalue weighted by atomic mass is 35.5. The van der Waals surface area contributed by atoms with Crippen LogP contribution in [0, 0.1) is 18.3 Å². The van der Waals surface area contributed by atoms with Gasteiger partial charge in [0, 0.05) is 0 Å². The van der Waals surface area contributed by atoms with E-state index in [-0.39, 0.29) is 11.4 Å². The van der Waals surface area contributed by atoms with Gasteiger partial charge in [0.15, 0.2) is 0 Å². The summed E-state index contributed by atoms with van der Waals surface area (Å²) in [4.78, 5) is 3.66. The molecular formula is C9H7ClF2N2. The van der Waals surface area contributed by atoms with E-state index in [4.69, 9.17) is 16.9 Å². The Morgan fingerprint density at radius 2 is 2.29 bits per heavy atom. The summed E-state index contributed by atoms with van der Waals surface area (Å²) in [5.41, 5.74) is 0.460. The van der Waals surface area contributed by atoms with E-state index in [1.165, 1.54) is 6.07 Å². The van der Waals surface area contributed by atoms with Crippen molar-refractivity contribution >= 4 is 11.6 Å². The first-order valence-electron chi connectivity index (χ1n) is 3.84. The number of rotatable bonds is 2. The molecule has 1 aromatic rings. The second-order valence-electron chi connectivity index (χ2n) is 2.73. The minimum Gasteiger partial charge on any atom is -0.249 e. The fourth-order valence-corrected chi connectivity index (χ4v) is 1.33. The van der Waals surface area contributed by atoms with Crippen LogP contribution in [0.5, 0.6) is 0 Å². The van der Waals surface area contributed by atoms with Crippen LogP contribution in [0.3, 0.4) is 0 Å².